The molecular formula is C44H60O6. The molecule has 3 aliphatic rings. The summed E-state index contributed by atoms with van der Waals surface area (Å²) < 4.78 is 23.3. The molecule has 6 nitrogen and oxygen atoms in total. The molecule has 0 aromatic heterocycles. The van der Waals surface area contributed by atoms with Crippen molar-refractivity contribution in [1.29, 1.82) is 0 Å². The van der Waals surface area contributed by atoms with Crippen LogP contribution in [0.4, 0.5) is 0 Å². The lowest BCUT2D eigenvalue weighted by Crippen LogP contribution is -2.34. The number of carbonyl (C=O) groups is 2. The summed E-state index contributed by atoms with van der Waals surface area (Å²) >= 11 is 0. The molecule has 0 saturated heterocycles. The quantitative estimate of drug-likeness (QED) is 0.0884. The van der Waals surface area contributed by atoms with Gasteiger partial charge in [-0.1, -0.05) is 74.5 Å². The average Bonchev–Trinajstić information content (AvgIpc) is 3.17. The molecule has 0 aliphatic heterocycles. The molecule has 0 amide bonds. The summed E-state index contributed by atoms with van der Waals surface area (Å²) in [4.78, 5) is 22.5. The zero-order chi connectivity index (χ0) is 35.0. The number of hydrogen-bond acceptors (Lipinski definition) is 6. The van der Waals surface area contributed by atoms with Crippen LogP contribution in [0, 0.1) is 11.8 Å². The standard InChI is InChI=1S/C44H60O6/c1-3-43(45)47-29-7-9-33-13-21-37(22-14-33)39-25-17-35(18-26-39)31-49-41-11-5-6-12-42(41)50-32-36-19-27-40(28-20-36)38-23-15-34(16-24-38)10-8-30-48-44(46)4-2/h3-4,17-20,25-28,33-34,37-38,41-42H,1-2,5-16,21-24,29-32H2/t33-,34-,37-,38-,41-,42-/m1/s1. The highest BCUT2D eigenvalue weighted by atomic mass is 16.5. The van der Waals surface area contributed by atoms with E-state index < -0.39 is 0 Å². The number of rotatable bonds is 18. The summed E-state index contributed by atoms with van der Waals surface area (Å²) in [6.45, 7) is 9.17. The topological polar surface area (TPSA) is 71.1 Å². The molecule has 272 valence electrons. The first kappa shape index (κ1) is 38.0. The van der Waals surface area contributed by atoms with Crippen molar-refractivity contribution in [3.8, 4) is 0 Å². The molecule has 5 rings (SSSR count). The molecular weight excluding hydrogens is 624 g/mol. The van der Waals surface area contributed by atoms with E-state index in [0.717, 1.165) is 50.4 Å². The molecule has 2 aromatic rings. The maximum atomic E-state index is 11.2. The maximum Gasteiger partial charge on any atom is 0.330 e. The fraction of sp³-hybridized carbons (Fsp3) is 0.591. The van der Waals surface area contributed by atoms with Crippen LogP contribution in [0.25, 0.3) is 0 Å². The van der Waals surface area contributed by atoms with Gasteiger partial charge in [-0.3, -0.25) is 0 Å². The van der Waals surface area contributed by atoms with Crippen LogP contribution in [0.15, 0.2) is 73.8 Å². The zero-order valence-electron chi connectivity index (χ0n) is 30.2. The van der Waals surface area contributed by atoms with Crippen LogP contribution in [-0.4, -0.2) is 37.4 Å². The summed E-state index contributed by atoms with van der Waals surface area (Å²) in [6.07, 6.45) is 21.3. The molecule has 3 fully saturated rings. The Morgan fingerprint density at radius 2 is 0.940 bits per heavy atom. The minimum atomic E-state index is -0.322. The molecule has 0 unspecified atom stereocenters. The molecule has 3 saturated carbocycles. The SMILES string of the molecule is C=CC(=O)OCCC[C@H]1CC[C@H](c2ccc(CO[C@@H]3CCCC[C@H]3OCc3ccc([C@H]4CC[C@H](CCCOC(=O)C=C)CC4)cc3)cc2)CC1. The maximum absolute atomic E-state index is 11.2. The van der Waals surface area contributed by atoms with Gasteiger partial charge in [0.25, 0.3) is 0 Å². The molecule has 0 heterocycles. The summed E-state index contributed by atoms with van der Waals surface area (Å²) in [7, 11) is 0. The van der Waals surface area contributed by atoms with Crippen LogP contribution in [0.2, 0.25) is 0 Å². The van der Waals surface area contributed by atoms with Crippen LogP contribution in [0.1, 0.15) is 137 Å². The number of ether oxygens (including phenoxy) is 4. The molecule has 2 atom stereocenters. The van der Waals surface area contributed by atoms with E-state index in [9.17, 15) is 9.59 Å². The van der Waals surface area contributed by atoms with Gasteiger partial charge in [0.05, 0.1) is 38.6 Å². The second-order valence-electron chi connectivity index (χ2n) is 14.9. The van der Waals surface area contributed by atoms with Crippen LogP contribution in [-0.2, 0) is 41.8 Å². The van der Waals surface area contributed by atoms with Gasteiger partial charge in [0, 0.05) is 12.2 Å². The Labute approximate surface area is 301 Å². The number of carbonyl (C=O) groups excluding carboxylic acids is 2. The van der Waals surface area contributed by atoms with E-state index >= 15 is 0 Å². The Bertz CT molecular complexity index is 1210. The van der Waals surface area contributed by atoms with Gasteiger partial charge in [-0.2, -0.15) is 0 Å². The summed E-state index contributed by atoms with van der Waals surface area (Å²) in [6, 6.07) is 18.3. The van der Waals surface area contributed by atoms with E-state index in [-0.39, 0.29) is 24.1 Å². The largest absolute Gasteiger partial charge is 0.463 e. The Morgan fingerprint density at radius 3 is 1.30 bits per heavy atom. The third-order valence-corrected chi connectivity index (χ3v) is 11.5. The van der Waals surface area contributed by atoms with E-state index in [0.29, 0.717) is 38.3 Å². The fourth-order valence-corrected chi connectivity index (χ4v) is 8.40. The first-order chi connectivity index (χ1) is 24.5. The number of benzene rings is 2. The second kappa shape index (κ2) is 20.6. The molecule has 0 N–H and O–H groups in total. The van der Waals surface area contributed by atoms with Crippen molar-refractivity contribution in [2.45, 2.75) is 140 Å². The minimum Gasteiger partial charge on any atom is -0.463 e. The van der Waals surface area contributed by atoms with E-state index in [1.54, 1.807) is 0 Å². The number of esters is 2. The van der Waals surface area contributed by atoms with Gasteiger partial charge < -0.3 is 18.9 Å². The predicted molar refractivity (Wildman–Crippen MR) is 199 cm³/mol. The highest BCUT2D eigenvalue weighted by Crippen LogP contribution is 2.39. The van der Waals surface area contributed by atoms with Crippen molar-refractivity contribution in [2.24, 2.45) is 11.8 Å². The van der Waals surface area contributed by atoms with Gasteiger partial charge in [0.1, 0.15) is 0 Å². The smallest absolute Gasteiger partial charge is 0.330 e. The first-order valence-corrected chi connectivity index (χ1v) is 19.5. The van der Waals surface area contributed by atoms with Crippen molar-refractivity contribution in [3.05, 3.63) is 96.1 Å². The molecule has 0 radical (unpaired) electrons. The molecule has 50 heavy (non-hydrogen) atoms. The minimum absolute atomic E-state index is 0.141. The van der Waals surface area contributed by atoms with Gasteiger partial charge in [-0.25, -0.2) is 9.59 Å². The van der Waals surface area contributed by atoms with Gasteiger partial charge in [0.2, 0.25) is 0 Å². The van der Waals surface area contributed by atoms with Crippen molar-refractivity contribution in [1.82, 2.24) is 0 Å². The highest BCUT2D eigenvalue weighted by molar-refractivity contribution is 5.81. The van der Waals surface area contributed by atoms with E-state index in [1.165, 1.54) is 98.6 Å². The second-order valence-corrected chi connectivity index (χ2v) is 14.9. The highest BCUT2D eigenvalue weighted by Gasteiger charge is 2.27. The third-order valence-electron chi connectivity index (χ3n) is 11.5. The Kier molecular flexibility index (Phi) is 15.7. The molecule has 2 aromatic carbocycles. The predicted octanol–water partition coefficient (Wildman–Crippen LogP) is 10.3. The van der Waals surface area contributed by atoms with Crippen molar-refractivity contribution >= 4 is 11.9 Å². The summed E-state index contributed by atoms with van der Waals surface area (Å²) in [5.41, 5.74) is 5.37. The van der Waals surface area contributed by atoms with E-state index in [1.807, 2.05) is 0 Å². The van der Waals surface area contributed by atoms with Crippen LogP contribution in [0.3, 0.4) is 0 Å². The molecule has 6 heteroatoms. The van der Waals surface area contributed by atoms with Gasteiger partial charge in [0.15, 0.2) is 0 Å². The molecule has 0 spiro atoms. The van der Waals surface area contributed by atoms with Crippen LogP contribution < -0.4 is 0 Å². The Balaban J connectivity index is 0.984. The van der Waals surface area contributed by atoms with Gasteiger partial charge >= 0.3 is 11.9 Å². The fourth-order valence-electron chi connectivity index (χ4n) is 8.40. The monoisotopic (exact) mass is 684 g/mol. The lowest BCUT2D eigenvalue weighted by atomic mass is 9.77. The summed E-state index contributed by atoms with van der Waals surface area (Å²) in [5, 5.41) is 0. The van der Waals surface area contributed by atoms with Gasteiger partial charge in [-0.05, 0) is 136 Å². The average molecular weight is 685 g/mol. The van der Waals surface area contributed by atoms with Crippen molar-refractivity contribution < 1.29 is 28.5 Å². The van der Waals surface area contributed by atoms with Crippen molar-refractivity contribution in [2.75, 3.05) is 13.2 Å². The third kappa shape index (κ3) is 12.2. The van der Waals surface area contributed by atoms with Crippen molar-refractivity contribution in [3.63, 3.8) is 0 Å². The normalized spacial score (nSPS) is 25.4. The van der Waals surface area contributed by atoms with Crippen LogP contribution in [0.5, 0.6) is 0 Å². The first-order valence-electron chi connectivity index (χ1n) is 19.5. The van der Waals surface area contributed by atoms with E-state index in [2.05, 4.69) is 61.7 Å². The van der Waals surface area contributed by atoms with E-state index in [4.69, 9.17) is 18.9 Å². The van der Waals surface area contributed by atoms with Crippen LogP contribution >= 0.6 is 0 Å². The molecule has 0 bridgehead atoms. The zero-order valence-corrected chi connectivity index (χ0v) is 30.2. The Morgan fingerprint density at radius 1 is 0.560 bits per heavy atom. The lowest BCUT2D eigenvalue weighted by Gasteiger charge is -2.32. The summed E-state index contributed by atoms with van der Waals surface area (Å²) in [5.74, 6) is 2.11. The number of hydrogen-bond donors (Lipinski definition) is 0. The van der Waals surface area contributed by atoms with Gasteiger partial charge in [-0.15, -0.1) is 0 Å². The lowest BCUT2D eigenvalue weighted by molar-refractivity contribution is -0.138. The Hall–Kier alpha value is -3.22. The molecule has 3 aliphatic carbocycles.